The van der Waals surface area contributed by atoms with Gasteiger partial charge in [-0.1, -0.05) is 25.1 Å². The number of rotatable bonds is 6. The quantitative estimate of drug-likeness (QED) is 0.748. The molecule has 1 aromatic carbocycles. The van der Waals surface area contributed by atoms with Crippen molar-refractivity contribution in [2.45, 2.75) is 31.7 Å². The van der Waals surface area contributed by atoms with Crippen molar-refractivity contribution in [3.8, 4) is 0 Å². The van der Waals surface area contributed by atoms with E-state index in [1.807, 2.05) is 25.1 Å². The molecule has 1 saturated heterocycles. The number of hydrogen-bond donors (Lipinski definition) is 1. The van der Waals surface area contributed by atoms with Crippen LogP contribution in [0.1, 0.15) is 30.5 Å². The van der Waals surface area contributed by atoms with Crippen LogP contribution in [0.2, 0.25) is 0 Å². The highest BCUT2D eigenvalue weighted by Gasteiger charge is 2.43. The molecule has 1 aliphatic heterocycles. The fourth-order valence-electron chi connectivity index (χ4n) is 3.09. The van der Waals surface area contributed by atoms with Gasteiger partial charge in [-0.25, -0.2) is 4.79 Å². The second kappa shape index (κ2) is 8.97. The standard InChI is InChI=1S/C20H22N2O5S/c1-3-14-7-4-5-8-15(14)21-18(24)11-27-20(25)16-12-28-19(22(16)13(2)23)17-9-6-10-26-17/h4-10,16,19H,3,11-12H2,1-2H3,(H,21,24)/t16-,19+/m1/s1. The Kier molecular flexibility index (Phi) is 6.41. The molecule has 8 heteroatoms. The lowest BCUT2D eigenvalue weighted by molar-refractivity contribution is -0.155. The first-order valence-corrected chi connectivity index (χ1v) is 10.0. The molecule has 0 radical (unpaired) electrons. The van der Waals surface area contributed by atoms with Gasteiger partial charge in [-0.3, -0.25) is 9.59 Å². The number of amides is 2. The minimum absolute atomic E-state index is 0.255. The summed E-state index contributed by atoms with van der Waals surface area (Å²) in [4.78, 5) is 38.2. The molecule has 1 N–H and O–H groups in total. The number of carbonyl (C=O) groups is 3. The topological polar surface area (TPSA) is 88.8 Å². The monoisotopic (exact) mass is 402 g/mol. The van der Waals surface area contributed by atoms with E-state index in [0.717, 1.165) is 12.0 Å². The maximum Gasteiger partial charge on any atom is 0.330 e. The Morgan fingerprint density at radius 1 is 1.25 bits per heavy atom. The number of nitrogens with one attached hydrogen (secondary N) is 1. The Morgan fingerprint density at radius 2 is 2.04 bits per heavy atom. The van der Waals surface area contributed by atoms with Crippen LogP contribution in [-0.2, 0) is 25.5 Å². The molecule has 148 valence electrons. The summed E-state index contributed by atoms with van der Waals surface area (Å²) in [5.41, 5.74) is 1.70. The Balaban J connectivity index is 1.59. The zero-order valence-electron chi connectivity index (χ0n) is 15.7. The lowest BCUT2D eigenvalue weighted by Crippen LogP contribution is -2.43. The molecule has 1 aromatic heterocycles. The van der Waals surface area contributed by atoms with E-state index in [2.05, 4.69) is 5.32 Å². The molecule has 1 fully saturated rings. The van der Waals surface area contributed by atoms with Gasteiger partial charge in [0.1, 0.15) is 17.2 Å². The summed E-state index contributed by atoms with van der Waals surface area (Å²) >= 11 is 1.42. The first-order valence-electron chi connectivity index (χ1n) is 8.99. The molecule has 0 saturated carbocycles. The fourth-order valence-corrected chi connectivity index (χ4v) is 4.51. The predicted molar refractivity (Wildman–Crippen MR) is 106 cm³/mol. The zero-order chi connectivity index (χ0) is 20.1. The van der Waals surface area contributed by atoms with Crippen LogP contribution in [0.15, 0.2) is 47.1 Å². The Labute approximate surface area is 167 Å². The van der Waals surface area contributed by atoms with Gasteiger partial charge in [0, 0.05) is 18.4 Å². The minimum atomic E-state index is -0.756. The van der Waals surface area contributed by atoms with Gasteiger partial charge in [0.25, 0.3) is 5.91 Å². The van der Waals surface area contributed by atoms with Crippen LogP contribution in [-0.4, -0.2) is 41.1 Å². The highest BCUT2D eigenvalue weighted by Crippen LogP contribution is 2.41. The summed E-state index contributed by atoms with van der Waals surface area (Å²) in [7, 11) is 0. The van der Waals surface area contributed by atoms with Gasteiger partial charge >= 0.3 is 5.97 Å². The molecule has 2 atom stereocenters. The minimum Gasteiger partial charge on any atom is -0.466 e. The Bertz CT molecular complexity index is 852. The van der Waals surface area contributed by atoms with E-state index < -0.39 is 24.5 Å². The molecule has 1 aliphatic rings. The number of benzene rings is 1. The summed E-state index contributed by atoms with van der Waals surface area (Å²) in [5, 5.41) is 2.38. The van der Waals surface area contributed by atoms with E-state index in [0.29, 0.717) is 17.2 Å². The first-order chi connectivity index (χ1) is 13.5. The number of para-hydroxylation sites is 1. The van der Waals surface area contributed by atoms with Crippen molar-refractivity contribution in [3.05, 3.63) is 54.0 Å². The molecule has 2 heterocycles. The number of hydrogen-bond acceptors (Lipinski definition) is 6. The molecule has 0 bridgehead atoms. The van der Waals surface area contributed by atoms with Gasteiger partial charge in [0.2, 0.25) is 5.91 Å². The van der Waals surface area contributed by atoms with Crippen LogP contribution in [0, 0.1) is 0 Å². The van der Waals surface area contributed by atoms with Crippen molar-refractivity contribution in [3.63, 3.8) is 0 Å². The number of thioether (sulfide) groups is 1. The smallest absolute Gasteiger partial charge is 0.330 e. The van der Waals surface area contributed by atoms with E-state index in [9.17, 15) is 14.4 Å². The molecular weight excluding hydrogens is 380 g/mol. The first kappa shape index (κ1) is 20.0. The maximum absolute atomic E-state index is 12.5. The molecular formula is C20H22N2O5S. The van der Waals surface area contributed by atoms with Crippen molar-refractivity contribution >= 4 is 35.2 Å². The average Bonchev–Trinajstić information content (AvgIpc) is 3.35. The number of carbonyl (C=O) groups excluding carboxylic acids is 3. The van der Waals surface area contributed by atoms with Crippen LogP contribution < -0.4 is 5.32 Å². The largest absolute Gasteiger partial charge is 0.466 e. The number of anilines is 1. The van der Waals surface area contributed by atoms with Gasteiger partial charge in [0.15, 0.2) is 6.61 Å². The Hall–Kier alpha value is -2.74. The van der Waals surface area contributed by atoms with Gasteiger partial charge in [-0.15, -0.1) is 11.8 Å². The zero-order valence-corrected chi connectivity index (χ0v) is 16.5. The van der Waals surface area contributed by atoms with Crippen LogP contribution in [0.3, 0.4) is 0 Å². The van der Waals surface area contributed by atoms with E-state index in [4.69, 9.17) is 9.15 Å². The van der Waals surface area contributed by atoms with Crippen LogP contribution in [0.25, 0.3) is 0 Å². The number of ether oxygens (including phenoxy) is 1. The van der Waals surface area contributed by atoms with Crippen molar-refractivity contribution in [1.82, 2.24) is 4.90 Å². The normalized spacial score (nSPS) is 18.7. The number of aryl methyl sites for hydroxylation is 1. The summed E-state index contributed by atoms with van der Waals surface area (Å²) < 4.78 is 10.6. The molecule has 28 heavy (non-hydrogen) atoms. The molecule has 0 unspecified atom stereocenters. The highest BCUT2D eigenvalue weighted by atomic mass is 32.2. The van der Waals surface area contributed by atoms with E-state index in [-0.39, 0.29) is 11.3 Å². The lowest BCUT2D eigenvalue weighted by Gasteiger charge is -2.25. The summed E-state index contributed by atoms with van der Waals surface area (Å²) in [6.45, 7) is 2.99. The molecule has 0 aliphatic carbocycles. The van der Waals surface area contributed by atoms with Crippen molar-refractivity contribution in [2.75, 3.05) is 17.7 Å². The SMILES string of the molecule is CCc1ccccc1NC(=O)COC(=O)[C@H]1CS[C@@H](c2ccco2)N1C(C)=O. The van der Waals surface area contributed by atoms with Gasteiger partial charge in [-0.2, -0.15) is 0 Å². The van der Waals surface area contributed by atoms with Crippen molar-refractivity contribution < 1.29 is 23.5 Å². The maximum atomic E-state index is 12.5. The Morgan fingerprint density at radius 3 is 2.71 bits per heavy atom. The third-order valence-corrected chi connectivity index (χ3v) is 5.72. The number of nitrogens with zero attached hydrogens (tertiary/aromatic N) is 1. The van der Waals surface area contributed by atoms with Gasteiger partial charge in [-0.05, 0) is 30.2 Å². The van der Waals surface area contributed by atoms with E-state index >= 15 is 0 Å². The van der Waals surface area contributed by atoms with Gasteiger partial charge < -0.3 is 19.4 Å². The van der Waals surface area contributed by atoms with Crippen LogP contribution >= 0.6 is 11.8 Å². The summed E-state index contributed by atoms with van der Waals surface area (Å²) in [6.07, 6.45) is 2.30. The average molecular weight is 402 g/mol. The highest BCUT2D eigenvalue weighted by molar-refractivity contribution is 7.99. The molecule has 7 nitrogen and oxygen atoms in total. The molecule has 0 spiro atoms. The third-order valence-electron chi connectivity index (χ3n) is 4.44. The molecule has 3 rings (SSSR count). The lowest BCUT2D eigenvalue weighted by atomic mass is 10.1. The fraction of sp³-hybridized carbons (Fsp3) is 0.350. The van der Waals surface area contributed by atoms with Crippen molar-refractivity contribution in [2.24, 2.45) is 0 Å². The van der Waals surface area contributed by atoms with Gasteiger partial charge in [0.05, 0.1) is 6.26 Å². The van der Waals surface area contributed by atoms with Crippen LogP contribution in [0.4, 0.5) is 5.69 Å². The van der Waals surface area contributed by atoms with E-state index in [1.54, 1.807) is 18.2 Å². The van der Waals surface area contributed by atoms with E-state index in [1.165, 1.54) is 29.8 Å². The second-order valence-electron chi connectivity index (χ2n) is 6.31. The molecule has 2 amide bonds. The molecule has 2 aromatic rings. The number of esters is 1. The number of furan rings is 1. The predicted octanol–water partition coefficient (Wildman–Crippen LogP) is 2.99. The third kappa shape index (κ3) is 4.39. The second-order valence-corrected chi connectivity index (χ2v) is 7.42. The summed E-state index contributed by atoms with van der Waals surface area (Å²) in [5.74, 6) is -0.295. The summed E-state index contributed by atoms with van der Waals surface area (Å²) in [6, 6.07) is 10.2. The van der Waals surface area contributed by atoms with Crippen LogP contribution in [0.5, 0.6) is 0 Å². The van der Waals surface area contributed by atoms with Crippen molar-refractivity contribution in [1.29, 1.82) is 0 Å².